The number of hydrogen-bond donors (Lipinski definition) is 1. The predicted molar refractivity (Wildman–Crippen MR) is 67.5 cm³/mol. The van der Waals surface area contributed by atoms with E-state index in [0.29, 0.717) is 11.3 Å². The third kappa shape index (κ3) is 2.17. The highest BCUT2D eigenvalue weighted by Crippen LogP contribution is 2.49. The Bertz CT molecular complexity index is 681. The van der Waals surface area contributed by atoms with Gasteiger partial charge < -0.3 is 5.32 Å². The molecule has 1 spiro atoms. The highest BCUT2D eigenvalue weighted by atomic mass is 19.4. The molecule has 0 atom stereocenters. The lowest BCUT2D eigenvalue weighted by molar-refractivity contribution is -0.144. The van der Waals surface area contributed by atoms with Crippen LogP contribution in [-0.2, 0) is 12.6 Å². The Balaban J connectivity index is 1.51. The molecule has 112 valence electrons. The van der Waals surface area contributed by atoms with E-state index in [-0.39, 0.29) is 5.78 Å². The summed E-state index contributed by atoms with van der Waals surface area (Å²) in [4.78, 5) is 7.37. The van der Waals surface area contributed by atoms with Crippen molar-refractivity contribution in [2.45, 2.75) is 25.4 Å². The molecule has 0 unspecified atom stereocenters. The number of halogens is 3. The maximum atomic E-state index is 12.6. The molecule has 0 aromatic carbocycles. The molecule has 0 amide bonds. The van der Waals surface area contributed by atoms with Gasteiger partial charge >= 0.3 is 6.18 Å². The molecule has 21 heavy (non-hydrogen) atoms. The second-order valence-corrected chi connectivity index (χ2v) is 6.22. The fourth-order valence-corrected chi connectivity index (χ4v) is 3.46. The third-order valence-corrected chi connectivity index (χ3v) is 4.47. The smallest absolute Gasteiger partial charge is 0.316 e. The lowest BCUT2D eigenvalue weighted by atomic mass is 9.57. The van der Waals surface area contributed by atoms with Gasteiger partial charge in [0.05, 0.1) is 0 Å². The first-order chi connectivity index (χ1) is 9.94. The Morgan fingerprint density at radius 1 is 1.33 bits per heavy atom. The zero-order valence-corrected chi connectivity index (χ0v) is 11.2. The molecule has 1 aliphatic carbocycles. The summed E-state index contributed by atoms with van der Waals surface area (Å²) < 4.78 is 38.8. The molecule has 1 aliphatic heterocycles. The van der Waals surface area contributed by atoms with Crippen LogP contribution in [0, 0.1) is 11.3 Å². The van der Waals surface area contributed by atoms with Crippen LogP contribution < -0.4 is 5.32 Å². The van der Waals surface area contributed by atoms with Crippen molar-refractivity contribution in [2.75, 3.05) is 13.1 Å². The largest absolute Gasteiger partial charge is 0.453 e. The minimum Gasteiger partial charge on any atom is -0.316 e. The molecule has 2 fully saturated rings. The molecule has 5 nitrogen and oxygen atoms in total. The van der Waals surface area contributed by atoms with E-state index in [2.05, 4.69) is 20.4 Å². The second kappa shape index (κ2) is 4.16. The summed E-state index contributed by atoms with van der Waals surface area (Å²) in [5, 5.41) is 6.75. The summed E-state index contributed by atoms with van der Waals surface area (Å²) in [6, 6.07) is 0. The van der Waals surface area contributed by atoms with Gasteiger partial charge in [0.1, 0.15) is 0 Å². The van der Waals surface area contributed by atoms with Gasteiger partial charge in [0.25, 0.3) is 11.6 Å². The van der Waals surface area contributed by atoms with Gasteiger partial charge in [-0.05, 0) is 36.2 Å². The highest BCUT2D eigenvalue weighted by Gasteiger charge is 2.47. The quantitative estimate of drug-likeness (QED) is 0.916. The number of aromatic nitrogens is 4. The molecule has 2 aromatic heterocycles. The molecule has 1 N–H and O–H groups in total. The first-order valence-corrected chi connectivity index (χ1v) is 6.93. The second-order valence-electron chi connectivity index (χ2n) is 6.22. The maximum Gasteiger partial charge on any atom is 0.453 e. The van der Waals surface area contributed by atoms with Crippen molar-refractivity contribution in [1.82, 2.24) is 24.9 Å². The van der Waals surface area contributed by atoms with Crippen LogP contribution in [0.15, 0.2) is 12.4 Å². The van der Waals surface area contributed by atoms with Crippen LogP contribution in [-0.4, -0.2) is 32.7 Å². The Hall–Kier alpha value is -1.70. The predicted octanol–water partition coefficient (Wildman–Crippen LogP) is 1.69. The van der Waals surface area contributed by atoms with Gasteiger partial charge in [0.2, 0.25) is 0 Å². The average molecular weight is 297 g/mol. The number of alkyl halides is 3. The van der Waals surface area contributed by atoms with E-state index >= 15 is 0 Å². The maximum absolute atomic E-state index is 12.6. The fourth-order valence-electron chi connectivity index (χ4n) is 3.46. The van der Waals surface area contributed by atoms with Crippen molar-refractivity contribution < 1.29 is 13.2 Å². The van der Waals surface area contributed by atoms with Gasteiger partial charge in [0, 0.05) is 25.5 Å². The Labute approximate surface area is 118 Å². The number of nitrogens with one attached hydrogen (secondary N) is 1. The molecule has 8 heteroatoms. The van der Waals surface area contributed by atoms with E-state index in [4.69, 9.17) is 0 Å². The lowest BCUT2D eigenvalue weighted by Gasteiger charge is -2.54. The normalized spacial score (nSPS) is 21.5. The highest BCUT2D eigenvalue weighted by molar-refractivity contribution is 5.28. The van der Waals surface area contributed by atoms with E-state index in [1.807, 2.05) is 0 Å². The number of rotatable bonds is 2. The van der Waals surface area contributed by atoms with E-state index in [9.17, 15) is 13.2 Å². The van der Waals surface area contributed by atoms with Gasteiger partial charge in [-0.25, -0.2) is 9.50 Å². The summed E-state index contributed by atoms with van der Waals surface area (Å²) in [6.45, 7) is 2.19. The van der Waals surface area contributed by atoms with Crippen LogP contribution in [0.4, 0.5) is 13.2 Å². The molecular formula is C13H14F3N5. The topological polar surface area (TPSA) is 55.1 Å². The van der Waals surface area contributed by atoms with Gasteiger partial charge in [-0.15, -0.1) is 5.10 Å². The summed E-state index contributed by atoms with van der Waals surface area (Å²) in [5.74, 6) is -0.563. The SMILES string of the molecule is FC(F)(F)c1nc2ncc(CC3CC4(CNC4)C3)cn2n1. The summed E-state index contributed by atoms with van der Waals surface area (Å²) in [7, 11) is 0. The summed E-state index contributed by atoms with van der Waals surface area (Å²) in [5.41, 5.74) is 1.41. The van der Waals surface area contributed by atoms with Crippen molar-refractivity contribution in [3.63, 3.8) is 0 Å². The van der Waals surface area contributed by atoms with Gasteiger partial charge in [-0.1, -0.05) is 0 Å². The van der Waals surface area contributed by atoms with Crippen LogP contribution >= 0.6 is 0 Å². The zero-order valence-electron chi connectivity index (χ0n) is 11.2. The fraction of sp³-hybridized carbons (Fsp3) is 0.615. The van der Waals surface area contributed by atoms with Gasteiger partial charge in [-0.2, -0.15) is 18.2 Å². The monoisotopic (exact) mass is 297 g/mol. The zero-order chi connectivity index (χ0) is 14.7. The van der Waals surface area contributed by atoms with Crippen LogP contribution in [0.1, 0.15) is 24.2 Å². The van der Waals surface area contributed by atoms with Crippen LogP contribution in [0.25, 0.3) is 5.78 Å². The molecule has 1 saturated heterocycles. The molecule has 4 rings (SSSR count). The standard InChI is InChI=1S/C13H14F3N5/c14-13(15,16)10-19-11-18-4-9(5-21(11)20-10)1-8-2-12(3-8)6-17-7-12/h4-5,8,17H,1-3,6-7H2. The van der Waals surface area contributed by atoms with E-state index in [1.54, 1.807) is 12.4 Å². The third-order valence-electron chi connectivity index (χ3n) is 4.47. The van der Waals surface area contributed by atoms with Crippen molar-refractivity contribution in [1.29, 1.82) is 0 Å². The van der Waals surface area contributed by atoms with E-state index in [1.165, 1.54) is 12.8 Å². The van der Waals surface area contributed by atoms with Crippen molar-refractivity contribution >= 4 is 5.78 Å². The van der Waals surface area contributed by atoms with Gasteiger partial charge in [0.15, 0.2) is 0 Å². The van der Waals surface area contributed by atoms with Crippen molar-refractivity contribution in [3.05, 3.63) is 23.8 Å². The first-order valence-electron chi connectivity index (χ1n) is 6.93. The minimum absolute atomic E-state index is 0.0145. The number of hydrogen-bond acceptors (Lipinski definition) is 4. The molecule has 2 aliphatic rings. The van der Waals surface area contributed by atoms with Crippen LogP contribution in [0.5, 0.6) is 0 Å². The van der Waals surface area contributed by atoms with Crippen LogP contribution in [0.2, 0.25) is 0 Å². The number of fused-ring (bicyclic) bond motifs is 1. The molecule has 1 saturated carbocycles. The molecule has 3 heterocycles. The van der Waals surface area contributed by atoms with E-state index in [0.717, 1.165) is 29.6 Å². The molecular weight excluding hydrogens is 283 g/mol. The first kappa shape index (κ1) is 13.0. The van der Waals surface area contributed by atoms with E-state index < -0.39 is 12.0 Å². The Morgan fingerprint density at radius 3 is 2.71 bits per heavy atom. The summed E-state index contributed by atoms with van der Waals surface area (Å²) >= 11 is 0. The molecule has 0 radical (unpaired) electrons. The van der Waals surface area contributed by atoms with Crippen molar-refractivity contribution in [2.24, 2.45) is 11.3 Å². The Morgan fingerprint density at radius 2 is 2.10 bits per heavy atom. The molecule has 0 bridgehead atoms. The Kier molecular flexibility index (Phi) is 2.57. The van der Waals surface area contributed by atoms with Gasteiger partial charge in [-0.3, -0.25) is 0 Å². The minimum atomic E-state index is -4.54. The summed E-state index contributed by atoms with van der Waals surface area (Å²) in [6.07, 6.45) is 1.88. The average Bonchev–Trinajstić information content (AvgIpc) is 2.73. The van der Waals surface area contributed by atoms with Crippen molar-refractivity contribution in [3.8, 4) is 0 Å². The molecule has 2 aromatic rings. The number of nitrogens with zero attached hydrogens (tertiary/aromatic N) is 4. The van der Waals surface area contributed by atoms with Crippen LogP contribution in [0.3, 0.4) is 0 Å². The lowest BCUT2D eigenvalue weighted by Crippen LogP contribution is -2.60.